The van der Waals surface area contributed by atoms with Gasteiger partial charge < -0.3 is 9.47 Å². The van der Waals surface area contributed by atoms with E-state index in [1.807, 2.05) is 25.1 Å². The highest BCUT2D eigenvalue weighted by atomic mass is 19.1. The Morgan fingerprint density at radius 3 is 2.00 bits per heavy atom. The van der Waals surface area contributed by atoms with Gasteiger partial charge in [0.05, 0.1) is 0 Å². The van der Waals surface area contributed by atoms with Gasteiger partial charge in [-0.3, -0.25) is 20.4 Å². The van der Waals surface area contributed by atoms with Gasteiger partial charge in [-0.1, -0.05) is 37.3 Å². The molecule has 0 fully saturated rings. The first-order chi connectivity index (χ1) is 12.1. The molecule has 0 bridgehead atoms. The van der Waals surface area contributed by atoms with Crippen LogP contribution in [0.15, 0.2) is 48.5 Å². The number of halogens is 1. The Bertz CT molecular complexity index is 737. The van der Waals surface area contributed by atoms with Crippen LogP contribution in [0.2, 0.25) is 0 Å². The van der Waals surface area contributed by atoms with Crippen LogP contribution < -0.4 is 20.3 Å². The molecule has 0 spiro atoms. The molecule has 0 unspecified atom stereocenters. The van der Waals surface area contributed by atoms with Gasteiger partial charge in [0.1, 0.15) is 5.75 Å². The quantitative estimate of drug-likeness (QED) is 0.752. The van der Waals surface area contributed by atoms with Gasteiger partial charge >= 0.3 is 0 Å². The van der Waals surface area contributed by atoms with E-state index in [2.05, 4.69) is 10.9 Å². The molecular formula is C18H19FN2O4. The van der Waals surface area contributed by atoms with E-state index in [0.717, 1.165) is 12.0 Å². The molecule has 132 valence electrons. The van der Waals surface area contributed by atoms with E-state index in [9.17, 15) is 14.0 Å². The summed E-state index contributed by atoms with van der Waals surface area (Å²) in [7, 11) is 0. The second-order valence-corrected chi connectivity index (χ2v) is 5.07. The van der Waals surface area contributed by atoms with Gasteiger partial charge in [-0.15, -0.1) is 0 Å². The minimum atomic E-state index is -0.620. The Labute approximate surface area is 144 Å². The van der Waals surface area contributed by atoms with Gasteiger partial charge in [0, 0.05) is 0 Å². The maximum atomic E-state index is 13.3. The average molecular weight is 346 g/mol. The maximum Gasteiger partial charge on any atom is 0.276 e. The van der Waals surface area contributed by atoms with E-state index in [1.54, 1.807) is 12.1 Å². The molecule has 0 radical (unpaired) electrons. The van der Waals surface area contributed by atoms with Crippen molar-refractivity contribution in [3.63, 3.8) is 0 Å². The first kappa shape index (κ1) is 18.3. The summed E-state index contributed by atoms with van der Waals surface area (Å²) >= 11 is 0. The number of carbonyl (C=O) groups excluding carboxylic acids is 2. The zero-order chi connectivity index (χ0) is 18.1. The molecule has 0 saturated carbocycles. The standard InChI is InChI=1S/C18H19FN2O4/c1-2-13-7-3-5-9-15(13)24-11-17(22)20-21-18(23)12-25-16-10-6-4-8-14(16)19/h3-10H,2,11-12H2,1H3,(H,20,22)(H,21,23). The molecule has 7 heteroatoms. The van der Waals surface area contributed by atoms with Crippen LogP contribution in [0.1, 0.15) is 12.5 Å². The molecule has 0 aliphatic rings. The molecule has 2 rings (SSSR count). The number of ether oxygens (including phenoxy) is 2. The van der Waals surface area contributed by atoms with E-state index in [-0.39, 0.29) is 12.4 Å². The number of aryl methyl sites for hydroxylation is 1. The van der Waals surface area contributed by atoms with Crippen molar-refractivity contribution in [2.75, 3.05) is 13.2 Å². The SMILES string of the molecule is CCc1ccccc1OCC(=O)NNC(=O)COc1ccccc1F. The minimum absolute atomic E-state index is 0.0384. The predicted molar refractivity (Wildman–Crippen MR) is 89.5 cm³/mol. The molecule has 2 amide bonds. The molecule has 2 aromatic carbocycles. The van der Waals surface area contributed by atoms with Gasteiger partial charge in [-0.25, -0.2) is 4.39 Å². The lowest BCUT2D eigenvalue weighted by molar-refractivity contribution is -0.131. The Morgan fingerprint density at radius 1 is 0.880 bits per heavy atom. The van der Waals surface area contributed by atoms with E-state index in [4.69, 9.17) is 9.47 Å². The van der Waals surface area contributed by atoms with E-state index >= 15 is 0 Å². The first-order valence-corrected chi connectivity index (χ1v) is 7.76. The van der Waals surface area contributed by atoms with Crippen LogP contribution in [0.3, 0.4) is 0 Å². The summed E-state index contributed by atoms with van der Waals surface area (Å²) in [6, 6.07) is 13.1. The largest absolute Gasteiger partial charge is 0.483 e. The monoisotopic (exact) mass is 346 g/mol. The van der Waals surface area contributed by atoms with Crippen molar-refractivity contribution in [3.8, 4) is 11.5 Å². The summed E-state index contributed by atoms with van der Waals surface area (Å²) in [6.45, 7) is 1.31. The van der Waals surface area contributed by atoms with Gasteiger partial charge in [-0.05, 0) is 30.2 Å². The molecule has 0 aromatic heterocycles. The molecule has 0 heterocycles. The second-order valence-electron chi connectivity index (χ2n) is 5.07. The Kier molecular flexibility index (Phi) is 6.76. The summed E-state index contributed by atoms with van der Waals surface area (Å²) in [5, 5.41) is 0. The van der Waals surface area contributed by atoms with E-state index < -0.39 is 24.2 Å². The van der Waals surface area contributed by atoms with Crippen molar-refractivity contribution in [1.29, 1.82) is 0 Å². The topological polar surface area (TPSA) is 76.7 Å². The third-order valence-corrected chi connectivity index (χ3v) is 3.25. The minimum Gasteiger partial charge on any atom is -0.483 e. The fourth-order valence-corrected chi connectivity index (χ4v) is 2.00. The number of hydrogen-bond donors (Lipinski definition) is 2. The average Bonchev–Trinajstić information content (AvgIpc) is 2.64. The molecule has 2 N–H and O–H groups in total. The highest BCUT2D eigenvalue weighted by Crippen LogP contribution is 2.18. The van der Waals surface area contributed by atoms with Crippen LogP contribution in [-0.2, 0) is 16.0 Å². The fraction of sp³-hybridized carbons (Fsp3) is 0.222. The van der Waals surface area contributed by atoms with Gasteiger partial charge in [0.25, 0.3) is 11.8 Å². The zero-order valence-corrected chi connectivity index (χ0v) is 13.8. The summed E-state index contributed by atoms with van der Waals surface area (Å²) < 4.78 is 23.8. The number of nitrogens with one attached hydrogen (secondary N) is 2. The Hall–Kier alpha value is -3.09. The summed E-state index contributed by atoms with van der Waals surface area (Å²) in [4.78, 5) is 23.3. The lowest BCUT2D eigenvalue weighted by atomic mass is 10.1. The number of amides is 2. The van der Waals surface area contributed by atoms with Gasteiger partial charge in [0.2, 0.25) is 0 Å². The van der Waals surface area contributed by atoms with E-state index in [1.165, 1.54) is 18.2 Å². The van der Waals surface area contributed by atoms with Crippen molar-refractivity contribution >= 4 is 11.8 Å². The zero-order valence-electron chi connectivity index (χ0n) is 13.8. The van der Waals surface area contributed by atoms with E-state index in [0.29, 0.717) is 5.75 Å². The Morgan fingerprint density at radius 2 is 1.40 bits per heavy atom. The van der Waals surface area contributed by atoms with Crippen molar-refractivity contribution in [1.82, 2.24) is 10.9 Å². The van der Waals surface area contributed by atoms with Gasteiger partial charge in [0.15, 0.2) is 24.8 Å². The molecular weight excluding hydrogens is 327 g/mol. The highest BCUT2D eigenvalue weighted by Gasteiger charge is 2.09. The smallest absolute Gasteiger partial charge is 0.276 e. The highest BCUT2D eigenvalue weighted by molar-refractivity contribution is 5.83. The number of benzene rings is 2. The number of para-hydroxylation sites is 2. The summed E-state index contributed by atoms with van der Waals surface area (Å²) in [5.74, 6) is -1.13. The molecule has 0 saturated heterocycles. The molecule has 0 aliphatic heterocycles. The lowest BCUT2D eigenvalue weighted by Crippen LogP contribution is -2.45. The van der Waals surface area contributed by atoms with Crippen LogP contribution in [0.4, 0.5) is 4.39 Å². The number of rotatable bonds is 7. The molecule has 25 heavy (non-hydrogen) atoms. The maximum absolute atomic E-state index is 13.3. The van der Waals surface area contributed by atoms with Crippen molar-refractivity contribution in [2.24, 2.45) is 0 Å². The number of carbonyl (C=O) groups is 2. The number of hydrogen-bond acceptors (Lipinski definition) is 4. The molecule has 6 nitrogen and oxygen atoms in total. The third-order valence-electron chi connectivity index (χ3n) is 3.25. The molecule has 2 aromatic rings. The Balaban J connectivity index is 1.71. The predicted octanol–water partition coefficient (Wildman–Crippen LogP) is 1.99. The summed E-state index contributed by atoms with van der Waals surface area (Å²) in [6.07, 6.45) is 0.780. The van der Waals surface area contributed by atoms with Gasteiger partial charge in [-0.2, -0.15) is 0 Å². The van der Waals surface area contributed by atoms with Crippen molar-refractivity contribution in [3.05, 3.63) is 59.9 Å². The second kappa shape index (κ2) is 9.27. The molecule has 0 aliphatic carbocycles. The first-order valence-electron chi connectivity index (χ1n) is 7.76. The van der Waals surface area contributed by atoms with Crippen LogP contribution in [0.25, 0.3) is 0 Å². The van der Waals surface area contributed by atoms with Crippen molar-refractivity contribution in [2.45, 2.75) is 13.3 Å². The molecule has 0 atom stereocenters. The fourth-order valence-electron chi connectivity index (χ4n) is 2.00. The third kappa shape index (κ3) is 5.80. The van der Waals surface area contributed by atoms with Crippen LogP contribution in [0.5, 0.6) is 11.5 Å². The summed E-state index contributed by atoms with van der Waals surface area (Å²) in [5.41, 5.74) is 5.36. The normalized spacial score (nSPS) is 10.0. The number of hydrazine groups is 1. The lowest BCUT2D eigenvalue weighted by Gasteiger charge is -2.11. The van der Waals surface area contributed by atoms with Crippen LogP contribution in [-0.4, -0.2) is 25.0 Å². The van der Waals surface area contributed by atoms with Crippen LogP contribution in [0, 0.1) is 5.82 Å². The van der Waals surface area contributed by atoms with Crippen molar-refractivity contribution < 1.29 is 23.5 Å². The van der Waals surface area contributed by atoms with Crippen LogP contribution >= 0.6 is 0 Å².